The van der Waals surface area contributed by atoms with Gasteiger partial charge in [0.25, 0.3) is 0 Å². The van der Waals surface area contributed by atoms with Gasteiger partial charge in [0.05, 0.1) is 26.4 Å². The molecule has 0 aliphatic rings. The van der Waals surface area contributed by atoms with E-state index in [4.69, 9.17) is 19.9 Å². The zero-order chi connectivity index (χ0) is 15.8. The Kier molecular flexibility index (Phi) is 14.7. The average Bonchev–Trinajstić information content (AvgIpc) is 2.50. The molecule has 2 N–H and O–H groups in total. The molecule has 0 aromatic carbocycles. The zero-order valence-electron chi connectivity index (χ0n) is 14.5. The molecular weight excluding hydrogens is 266 g/mol. The molecule has 0 radical (unpaired) electrons. The van der Waals surface area contributed by atoms with Gasteiger partial charge < -0.3 is 19.9 Å². The van der Waals surface area contributed by atoms with Crippen LogP contribution in [0.2, 0.25) is 0 Å². The third-order valence-electron chi connectivity index (χ3n) is 3.86. The first-order valence-electron chi connectivity index (χ1n) is 8.70. The number of hydrogen-bond donors (Lipinski definition) is 1. The molecular formula is C17H37NO3. The van der Waals surface area contributed by atoms with E-state index >= 15 is 0 Å². The van der Waals surface area contributed by atoms with Crippen LogP contribution in [0.25, 0.3) is 0 Å². The lowest BCUT2D eigenvalue weighted by molar-refractivity contribution is 0.0106. The summed E-state index contributed by atoms with van der Waals surface area (Å²) in [5, 5.41) is 0. The molecule has 1 atom stereocenters. The van der Waals surface area contributed by atoms with Gasteiger partial charge in [0.1, 0.15) is 0 Å². The molecule has 0 saturated carbocycles. The summed E-state index contributed by atoms with van der Waals surface area (Å²) in [6.07, 6.45) is 7.74. The fourth-order valence-corrected chi connectivity index (χ4v) is 2.07. The van der Waals surface area contributed by atoms with E-state index in [1.54, 1.807) is 0 Å². The van der Waals surface area contributed by atoms with Gasteiger partial charge in [-0.2, -0.15) is 0 Å². The van der Waals surface area contributed by atoms with Crippen molar-refractivity contribution in [3.05, 3.63) is 0 Å². The van der Waals surface area contributed by atoms with E-state index in [0.717, 1.165) is 38.9 Å². The van der Waals surface area contributed by atoms with Crippen LogP contribution in [0.5, 0.6) is 0 Å². The molecule has 0 spiro atoms. The third-order valence-corrected chi connectivity index (χ3v) is 3.86. The van der Waals surface area contributed by atoms with E-state index in [2.05, 4.69) is 20.8 Å². The normalized spacial score (nSPS) is 14.3. The van der Waals surface area contributed by atoms with Crippen LogP contribution in [0, 0.1) is 0 Å². The standard InChI is InChI=1S/C17H37NO3/c1-4-7-9-17(18,6-3)10-12-20-14-16-21-15-13-19-11-8-5-2/h4-16,18H2,1-3H3. The molecule has 0 rings (SSSR count). The highest BCUT2D eigenvalue weighted by Gasteiger charge is 2.21. The van der Waals surface area contributed by atoms with Gasteiger partial charge >= 0.3 is 0 Å². The molecule has 0 saturated heterocycles. The molecule has 1 unspecified atom stereocenters. The smallest absolute Gasteiger partial charge is 0.0701 e. The lowest BCUT2D eigenvalue weighted by atomic mass is 9.88. The van der Waals surface area contributed by atoms with Gasteiger partial charge in [-0.15, -0.1) is 0 Å². The van der Waals surface area contributed by atoms with Crippen LogP contribution in [-0.2, 0) is 14.2 Å². The first-order chi connectivity index (χ1) is 10.2. The molecule has 0 aliphatic heterocycles. The maximum absolute atomic E-state index is 6.38. The van der Waals surface area contributed by atoms with Crippen LogP contribution in [0.15, 0.2) is 0 Å². The highest BCUT2D eigenvalue weighted by Crippen LogP contribution is 2.19. The maximum atomic E-state index is 6.38. The van der Waals surface area contributed by atoms with E-state index in [1.807, 2.05) is 0 Å². The van der Waals surface area contributed by atoms with Gasteiger partial charge in [0.15, 0.2) is 0 Å². The third kappa shape index (κ3) is 13.2. The summed E-state index contributed by atoms with van der Waals surface area (Å²) >= 11 is 0. The quantitative estimate of drug-likeness (QED) is 0.443. The molecule has 4 heteroatoms. The first kappa shape index (κ1) is 20.8. The van der Waals surface area contributed by atoms with Gasteiger partial charge in [-0.1, -0.05) is 40.0 Å². The molecule has 0 heterocycles. The predicted molar refractivity (Wildman–Crippen MR) is 88.7 cm³/mol. The molecule has 128 valence electrons. The number of rotatable bonds is 16. The first-order valence-corrected chi connectivity index (χ1v) is 8.70. The van der Waals surface area contributed by atoms with Crippen LogP contribution >= 0.6 is 0 Å². The number of hydrogen-bond acceptors (Lipinski definition) is 4. The van der Waals surface area contributed by atoms with Crippen molar-refractivity contribution in [2.45, 2.75) is 71.3 Å². The monoisotopic (exact) mass is 303 g/mol. The summed E-state index contributed by atoms with van der Waals surface area (Å²) in [5.41, 5.74) is 6.32. The van der Waals surface area contributed by atoms with Gasteiger partial charge in [-0.3, -0.25) is 0 Å². The molecule has 4 nitrogen and oxygen atoms in total. The van der Waals surface area contributed by atoms with Gasteiger partial charge in [0, 0.05) is 18.8 Å². The van der Waals surface area contributed by atoms with E-state index < -0.39 is 0 Å². The van der Waals surface area contributed by atoms with E-state index in [1.165, 1.54) is 19.3 Å². The molecule has 0 amide bonds. The Morgan fingerprint density at radius 1 is 0.667 bits per heavy atom. The summed E-state index contributed by atoms with van der Waals surface area (Å²) in [6.45, 7) is 10.7. The summed E-state index contributed by atoms with van der Waals surface area (Å²) in [4.78, 5) is 0. The van der Waals surface area contributed by atoms with Gasteiger partial charge in [0.2, 0.25) is 0 Å². The Balaban J connectivity index is 3.34. The minimum absolute atomic E-state index is 0.0516. The van der Waals surface area contributed by atoms with Crippen LogP contribution < -0.4 is 5.73 Å². The summed E-state index contributed by atoms with van der Waals surface area (Å²) in [6, 6.07) is 0. The Morgan fingerprint density at radius 3 is 1.71 bits per heavy atom. The van der Waals surface area contributed by atoms with E-state index in [0.29, 0.717) is 26.4 Å². The number of nitrogens with two attached hydrogens (primary N) is 1. The number of unbranched alkanes of at least 4 members (excludes halogenated alkanes) is 2. The second-order valence-corrected chi connectivity index (χ2v) is 5.76. The van der Waals surface area contributed by atoms with Crippen molar-refractivity contribution in [1.82, 2.24) is 0 Å². The van der Waals surface area contributed by atoms with Crippen molar-refractivity contribution >= 4 is 0 Å². The highest BCUT2D eigenvalue weighted by molar-refractivity contribution is 4.81. The van der Waals surface area contributed by atoms with Crippen LogP contribution in [-0.4, -0.2) is 45.2 Å². The predicted octanol–water partition coefficient (Wildman–Crippen LogP) is 3.52. The fraction of sp³-hybridized carbons (Fsp3) is 1.00. The average molecular weight is 303 g/mol. The fourth-order valence-electron chi connectivity index (χ4n) is 2.07. The van der Waals surface area contributed by atoms with Crippen LogP contribution in [0.4, 0.5) is 0 Å². The van der Waals surface area contributed by atoms with Crippen molar-refractivity contribution < 1.29 is 14.2 Å². The van der Waals surface area contributed by atoms with Crippen molar-refractivity contribution in [2.24, 2.45) is 5.73 Å². The molecule has 0 aromatic heterocycles. The topological polar surface area (TPSA) is 53.7 Å². The largest absolute Gasteiger partial charge is 0.379 e. The Labute approximate surface area is 131 Å². The highest BCUT2D eigenvalue weighted by atomic mass is 16.5. The van der Waals surface area contributed by atoms with Crippen LogP contribution in [0.1, 0.15) is 65.7 Å². The Hall–Kier alpha value is -0.160. The van der Waals surface area contributed by atoms with E-state index in [-0.39, 0.29) is 5.54 Å². The summed E-state index contributed by atoms with van der Waals surface area (Å²) < 4.78 is 16.5. The minimum Gasteiger partial charge on any atom is -0.379 e. The lowest BCUT2D eigenvalue weighted by Crippen LogP contribution is -2.40. The minimum atomic E-state index is -0.0516. The molecule has 0 fully saturated rings. The van der Waals surface area contributed by atoms with Gasteiger partial charge in [-0.05, 0) is 25.7 Å². The zero-order valence-corrected chi connectivity index (χ0v) is 14.5. The Bertz CT molecular complexity index is 214. The van der Waals surface area contributed by atoms with Crippen molar-refractivity contribution in [3.63, 3.8) is 0 Å². The second kappa shape index (κ2) is 14.8. The van der Waals surface area contributed by atoms with Crippen molar-refractivity contribution in [3.8, 4) is 0 Å². The molecule has 21 heavy (non-hydrogen) atoms. The lowest BCUT2D eigenvalue weighted by Gasteiger charge is -2.28. The van der Waals surface area contributed by atoms with Crippen molar-refractivity contribution in [1.29, 1.82) is 0 Å². The number of ether oxygens (including phenoxy) is 3. The summed E-state index contributed by atoms with van der Waals surface area (Å²) in [5.74, 6) is 0. The summed E-state index contributed by atoms with van der Waals surface area (Å²) in [7, 11) is 0. The molecule has 0 aromatic rings. The molecule has 0 bridgehead atoms. The van der Waals surface area contributed by atoms with Gasteiger partial charge in [-0.25, -0.2) is 0 Å². The Morgan fingerprint density at radius 2 is 1.19 bits per heavy atom. The van der Waals surface area contributed by atoms with E-state index in [9.17, 15) is 0 Å². The second-order valence-electron chi connectivity index (χ2n) is 5.76. The van der Waals surface area contributed by atoms with Crippen LogP contribution in [0.3, 0.4) is 0 Å². The van der Waals surface area contributed by atoms with Crippen molar-refractivity contribution in [2.75, 3.05) is 39.6 Å². The maximum Gasteiger partial charge on any atom is 0.0701 e. The SMILES string of the molecule is CCCCOCCOCCOCCC(N)(CC)CCCC. The molecule has 0 aliphatic carbocycles.